The number of anilines is 2. The number of hydrogen-bond donors (Lipinski definition) is 2. The van der Waals surface area contributed by atoms with Crippen LogP contribution < -0.4 is 11.1 Å². The van der Waals surface area contributed by atoms with Crippen molar-refractivity contribution in [1.29, 1.82) is 0 Å². The van der Waals surface area contributed by atoms with Crippen LogP contribution in [0.2, 0.25) is 0 Å². The third-order valence-electron chi connectivity index (χ3n) is 4.75. The number of hydrogen-bond acceptors (Lipinski definition) is 4. The molecule has 1 aliphatic rings. The second-order valence-corrected chi connectivity index (χ2v) is 7.25. The van der Waals surface area contributed by atoms with Gasteiger partial charge >= 0.3 is 0 Å². The fourth-order valence-corrected chi connectivity index (χ4v) is 3.63. The van der Waals surface area contributed by atoms with E-state index in [9.17, 15) is 0 Å². The molecular weight excluding hydrogens is 378 g/mol. The molecule has 5 nitrogen and oxygen atoms in total. The molecule has 3 aromatic rings. The lowest BCUT2D eigenvalue weighted by molar-refractivity contribution is 0.431. The highest BCUT2D eigenvalue weighted by atomic mass is 79.9. The van der Waals surface area contributed by atoms with E-state index in [0.717, 1.165) is 23.3 Å². The summed E-state index contributed by atoms with van der Waals surface area (Å²) >= 11 is 3.50. The van der Waals surface area contributed by atoms with Crippen molar-refractivity contribution in [2.24, 2.45) is 0 Å². The highest BCUT2D eigenvalue weighted by molar-refractivity contribution is 9.10. The molecule has 0 radical (unpaired) electrons. The molecule has 1 aromatic heterocycles. The summed E-state index contributed by atoms with van der Waals surface area (Å²) in [6.07, 6.45) is 1.93. The first-order valence-electron chi connectivity index (χ1n) is 8.47. The van der Waals surface area contributed by atoms with Crippen LogP contribution in [0.5, 0.6) is 0 Å². The molecule has 0 spiro atoms. The van der Waals surface area contributed by atoms with E-state index < -0.39 is 0 Å². The summed E-state index contributed by atoms with van der Waals surface area (Å²) in [6, 6.07) is 17.4. The van der Waals surface area contributed by atoms with Gasteiger partial charge in [0.25, 0.3) is 0 Å². The number of fused-ring (bicyclic) bond motifs is 1. The van der Waals surface area contributed by atoms with E-state index in [0.29, 0.717) is 5.95 Å². The van der Waals surface area contributed by atoms with Gasteiger partial charge in [-0.05, 0) is 41.7 Å². The average Bonchev–Trinajstić information content (AvgIpc) is 3.01. The molecule has 2 heterocycles. The summed E-state index contributed by atoms with van der Waals surface area (Å²) in [5.74, 6) is 1.02. The van der Waals surface area contributed by atoms with E-state index in [1.165, 1.54) is 16.7 Å². The lowest BCUT2D eigenvalue weighted by Gasteiger charge is -2.31. The molecule has 0 saturated carbocycles. The summed E-state index contributed by atoms with van der Waals surface area (Å²) in [4.78, 5) is 4.36. The molecule has 0 saturated heterocycles. The van der Waals surface area contributed by atoms with Crippen LogP contribution in [0.3, 0.4) is 0 Å². The molecular formula is C19H20BrN5. The minimum absolute atomic E-state index is 0.112. The number of nitrogens with two attached hydrogens (primary N) is 1. The van der Waals surface area contributed by atoms with Crippen LogP contribution in [0.1, 0.15) is 42.1 Å². The smallest absolute Gasteiger partial charge is 0.241 e. The Hall–Kier alpha value is -2.34. The number of nitrogens with zero attached hydrogens (tertiary/aromatic N) is 3. The summed E-state index contributed by atoms with van der Waals surface area (Å²) in [7, 11) is 0. The predicted octanol–water partition coefficient (Wildman–Crippen LogP) is 4.33. The lowest BCUT2D eigenvalue weighted by Crippen LogP contribution is -2.28. The minimum Gasteiger partial charge on any atom is -0.366 e. The SMILES string of the molecule is CCc1ccc([C@H]2C[C@@H](c3ccc(Br)cc3)Nc3nc(N)nn32)cc1. The van der Waals surface area contributed by atoms with E-state index in [2.05, 4.69) is 86.8 Å². The highest BCUT2D eigenvalue weighted by Crippen LogP contribution is 2.38. The Labute approximate surface area is 155 Å². The Morgan fingerprint density at radius 1 is 1.12 bits per heavy atom. The van der Waals surface area contributed by atoms with Gasteiger partial charge in [0.1, 0.15) is 0 Å². The molecule has 0 aliphatic carbocycles. The minimum atomic E-state index is 0.112. The van der Waals surface area contributed by atoms with Crippen LogP contribution in [-0.4, -0.2) is 14.8 Å². The third-order valence-corrected chi connectivity index (χ3v) is 5.28. The molecule has 128 valence electrons. The second-order valence-electron chi connectivity index (χ2n) is 6.33. The molecule has 4 rings (SSSR count). The van der Waals surface area contributed by atoms with E-state index in [1.54, 1.807) is 0 Å². The average molecular weight is 398 g/mol. The predicted molar refractivity (Wildman–Crippen MR) is 104 cm³/mol. The molecule has 2 aromatic carbocycles. The van der Waals surface area contributed by atoms with Gasteiger partial charge in [-0.15, -0.1) is 5.10 Å². The van der Waals surface area contributed by atoms with Crippen molar-refractivity contribution in [3.05, 3.63) is 69.7 Å². The number of aryl methyl sites for hydroxylation is 1. The first-order chi connectivity index (χ1) is 12.1. The van der Waals surface area contributed by atoms with Gasteiger partial charge in [-0.3, -0.25) is 0 Å². The van der Waals surface area contributed by atoms with Gasteiger partial charge in [0, 0.05) is 4.47 Å². The number of nitrogen functional groups attached to an aromatic ring is 1. The Balaban J connectivity index is 1.72. The van der Waals surface area contributed by atoms with E-state index in [4.69, 9.17) is 5.73 Å². The van der Waals surface area contributed by atoms with Crippen LogP contribution in [0.15, 0.2) is 53.0 Å². The van der Waals surface area contributed by atoms with Crippen molar-refractivity contribution in [1.82, 2.24) is 14.8 Å². The topological polar surface area (TPSA) is 68.8 Å². The van der Waals surface area contributed by atoms with Gasteiger partial charge in [0.15, 0.2) is 0 Å². The molecule has 2 atom stereocenters. The number of nitrogens with one attached hydrogen (secondary N) is 1. The van der Waals surface area contributed by atoms with Gasteiger partial charge in [-0.1, -0.05) is 59.3 Å². The maximum absolute atomic E-state index is 5.86. The van der Waals surface area contributed by atoms with Crippen molar-refractivity contribution in [3.8, 4) is 0 Å². The Morgan fingerprint density at radius 2 is 1.80 bits per heavy atom. The molecule has 25 heavy (non-hydrogen) atoms. The van der Waals surface area contributed by atoms with Crippen molar-refractivity contribution >= 4 is 27.8 Å². The van der Waals surface area contributed by atoms with E-state index in [1.807, 2.05) is 4.68 Å². The molecule has 0 amide bonds. The number of rotatable bonds is 3. The van der Waals surface area contributed by atoms with E-state index >= 15 is 0 Å². The normalized spacial score (nSPS) is 19.3. The van der Waals surface area contributed by atoms with E-state index in [-0.39, 0.29) is 12.1 Å². The summed E-state index contributed by atoms with van der Waals surface area (Å²) < 4.78 is 2.98. The van der Waals surface area contributed by atoms with Crippen molar-refractivity contribution in [2.75, 3.05) is 11.1 Å². The largest absolute Gasteiger partial charge is 0.366 e. The second kappa shape index (κ2) is 6.52. The zero-order valence-corrected chi connectivity index (χ0v) is 15.6. The molecule has 1 aliphatic heterocycles. The maximum Gasteiger partial charge on any atom is 0.241 e. The summed E-state index contributed by atoms with van der Waals surface area (Å²) in [6.45, 7) is 2.17. The first kappa shape index (κ1) is 16.1. The number of benzene rings is 2. The molecule has 0 unspecified atom stereocenters. The van der Waals surface area contributed by atoms with Crippen LogP contribution in [0, 0.1) is 0 Å². The zero-order chi connectivity index (χ0) is 17.4. The standard InChI is InChI=1S/C19H20BrN5/c1-2-12-3-5-14(6-4-12)17-11-16(13-7-9-15(20)10-8-13)22-19-23-18(21)24-25(17)19/h3-10,16-17H,2,11H2,1H3,(H3,21,22,23,24)/t16-,17+/m0/s1. The van der Waals surface area contributed by atoms with Gasteiger partial charge in [-0.2, -0.15) is 4.98 Å². The molecule has 0 bridgehead atoms. The van der Waals surface area contributed by atoms with Crippen molar-refractivity contribution < 1.29 is 0 Å². The quantitative estimate of drug-likeness (QED) is 0.689. The third kappa shape index (κ3) is 3.14. The van der Waals surface area contributed by atoms with Gasteiger partial charge in [0.2, 0.25) is 11.9 Å². The lowest BCUT2D eigenvalue weighted by atomic mass is 9.93. The number of aromatic nitrogens is 3. The van der Waals surface area contributed by atoms with Crippen LogP contribution in [0.25, 0.3) is 0 Å². The highest BCUT2D eigenvalue weighted by Gasteiger charge is 2.30. The van der Waals surface area contributed by atoms with Crippen molar-refractivity contribution in [2.45, 2.75) is 31.8 Å². The van der Waals surface area contributed by atoms with Gasteiger partial charge in [-0.25, -0.2) is 4.68 Å². The zero-order valence-electron chi connectivity index (χ0n) is 14.0. The van der Waals surface area contributed by atoms with Crippen LogP contribution >= 0.6 is 15.9 Å². The molecule has 3 N–H and O–H groups in total. The first-order valence-corrected chi connectivity index (χ1v) is 9.26. The van der Waals surface area contributed by atoms with Crippen LogP contribution in [-0.2, 0) is 6.42 Å². The fourth-order valence-electron chi connectivity index (χ4n) is 3.36. The maximum atomic E-state index is 5.86. The van der Waals surface area contributed by atoms with Crippen molar-refractivity contribution in [3.63, 3.8) is 0 Å². The Morgan fingerprint density at radius 3 is 2.48 bits per heavy atom. The molecule has 0 fully saturated rings. The Bertz CT molecular complexity index is 870. The number of halogens is 1. The monoisotopic (exact) mass is 397 g/mol. The summed E-state index contributed by atoms with van der Waals surface area (Å²) in [5.41, 5.74) is 9.65. The fraction of sp³-hybridized carbons (Fsp3) is 0.263. The van der Waals surface area contributed by atoms with Gasteiger partial charge in [0.05, 0.1) is 12.1 Å². The summed E-state index contributed by atoms with van der Waals surface area (Å²) in [5, 5.41) is 7.88. The Kier molecular flexibility index (Phi) is 4.21. The van der Waals surface area contributed by atoms with Gasteiger partial charge < -0.3 is 11.1 Å². The molecule has 6 heteroatoms. The van der Waals surface area contributed by atoms with Crippen LogP contribution in [0.4, 0.5) is 11.9 Å².